The second kappa shape index (κ2) is 6.57. The molecule has 0 spiro atoms. The number of amides is 1. The molecule has 22 heavy (non-hydrogen) atoms. The van der Waals surface area contributed by atoms with Gasteiger partial charge in [0.15, 0.2) is 0 Å². The Morgan fingerprint density at radius 3 is 2.68 bits per heavy atom. The molecule has 116 valence electrons. The van der Waals surface area contributed by atoms with Crippen molar-refractivity contribution in [3.8, 4) is 0 Å². The summed E-state index contributed by atoms with van der Waals surface area (Å²) < 4.78 is 5.33. The fourth-order valence-electron chi connectivity index (χ4n) is 1.82. The van der Waals surface area contributed by atoms with Crippen molar-refractivity contribution in [3.05, 3.63) is 45.3 Å². The molecular weight excluding hydrogens is 304 g/mol. The van der Waals surface area contributed by atoms with E-state index in [0.29, 0.717) is 16.5 Å². The van der Waals surface area contributed by atoms with Crippen molar-refractivity contribution in [2.24, 2.45) is 0 Å². The number of aromatic carboxylic acids is 1. The molecule has 1 unspecified atom stereocenters. The van der Waals surface area contributed by atoms with Crippen LogP contribution in [-0.4, -0.2) is 22.0 Å². The first kappa shape index (κ1) is 16.0. The van der Waals surface area contributed by atoms with Gasteiger partial charge in [-0.2, -0.15) is 0 Å². The van der Waals surface area contributed by atoms with Gasteiger partial charge in [-0.1, -0.05) is 0 Å². The Morgan fingerprint density at radius 1 is 1.41 bits per heavy atom. The first-order chi connectivity index (χ1) is 10.4. The van der Waals surface area contributed by atoms with Crippen molar-refractivity contribution < 1.29 is 19.1 Å². The van der Waals surface area contributed by atoms with Gasteiger partial charge in [-0.15, -0.1) is 11.3 Å². The van der Waals surface area contributed by atoms with Crippen LogP contribution in [0.3, 0.4) is 0 Å². The number of thiazole rings is 1. The van der Waals surface area contributed by atoms with Crippen molar-refractivity contribution in [2.45, 2.75) is 26.8 Å². The predicted octanol–water partition coefficient (Wildman–Crippen LogP) is 2.94. The van der Waals surface area contributed by atoms with Crippen molar-refractivity contribution in [1.82, 2.24) is 10.3 Å². The molecule has 0 aliphatic rings. The third-order valence-corrected chi connectivity index (χ3v) is 4.22. The molecule has 2 heterocycles. The number of carboxylic acid groups (broad SMARTS) is 1. The van der Waals surface area contributed by atoms with E-state index in [-0.39, 0.29) is 16.8 Å². The number of aromatic nitrogens is 1. The first-order valence-corrected chi connectivity index (χ1v) is 7.44. The van der Waals surface area contributed by atoms with Crippen LogP contribution < -0.4 is 5.32 Å². The van der Waals surface area contributed by atoms with E-state index in [0.717, 1.165) is 17.1 Å². The van der Waals surface area contributed by atoms with Gasteiger partial charge >= 0.3 is 5.97 Å². The van der Waals surface area contributed by atoms with Crippen LogP contribution in [0.2, 0.25) is 0 Å². The molecule has 6 nitrogen and oxygen atoms in total. The van der Waals surface area contributed by atoms with Crippen LogP contribution in [0.25, 0.3) is 6.08 Å². The molecule has 2 aromatic heterocycles. The molecule has 2 N–H and O–H groups in total. The summed E-state index contributed by atoms with van der Waals surface area (Å²) in [4.78, 5) is 27.2. The Labute approximate surface area is 131 Å². The van der Waals surface area contributed by atoms with Gasteiger partial charge in [0.25, 0.3) is 0 Å². The average Bonchev–Trinajstić information content (AvgIpc) is 3.02. The van der Waals surface area contributed by atoms with Gasteiger partial charge < -0.3 is 14.8 Å². The maximum atomic E-state index is 11.9. The Kier molecular flexibility index (Phi) is 4.77. The SMILES string of the molecule is Cc1ccc(C=CC(=O)NC(C)c2nc(C)c(C(=O)O)s2)o1. The zero-order valence-electron chi connectivity index (χ0n) is 12.4. The summed E-state index contributed by atoms with van der Waals surface area (Å²) >= 11 is 1.07. The maximum absolute atomic E-state index is 11.9. The Balaban J connectivity index is 2.00. The Hall–Kier alpha value is -2.41. The van der Waals surface area contributed by atoms with E-state index in [1.54, 1.807) is 26.0 Å². The molecule has 0 aliphatic heterocycles. The Bertz CT molecular complexity index is 730. The van der Waals surface area contributed by atoms with E-state index < -0.39 is 5.97 Å². The molecule has 0 radical (unpaired) electrons. The fraction of sp³-hybridized carbons (Fsp3) is 0.267. The van der Waals surface area contributed by atoms with Crippen LogP contribution in [-0.2, 0) is 4.79 Å². The lowest BCUT2D eigenvalue weighted by molar-refractivity contribution is -0.117. The lowest BCUT2D eigenvalue weighted by Gasteiger charge is -2.08. The van der Waals surface area contributed by atoms with Crippen LogP contribution in [0.1, 0.15) is 44.9 Å². The largest absolute Gasteiger partial charge is 0.477 e. The van der Waals surface area contributed by atoms with E-state index in [1.807, 2.05) is 13.0 Å². The van der Waals surface area contributed by atoms with E-state index in [2.05, 4.69) is 10.3 Å². The predicted molar refractivity (Wildman–Crippen MR) is 82.8 cm³/mol. The van der Waals surface area contributed by atoms with Gasteiger partial charge in [0.1, 0.15) is 21.4 Å². The molecular formula is C15H16N2O4S. The number of carboxylic acids is 1. The number of furan rings is 1. The number of nitrogens with zero attached hydrogens (tertiary/aromatic N) is 1. The van der Waals surface area contributed by atoms with Gasteiger partial charge in [-0.05, 0) is 39.0 Å². The van der Waals surface area contributed by atoms with Gasteiger partial charge in [0, 0.05) is 6.08 Å². The quantitative estimate of drug-likeness (QED) is 0.826. The highest BCUT2D eigenvalue weighted by atomic mass is 32.1. The smallest absolute Gasteiger partial charge is 0.347 e. The minimum Gasteiger partial charge on any atom is -0.477 e. The third-order valence-electron chi connectivity index (χ3n) is 2.90. The number of hydrogen-bond acceptors (Lipinski definition) is 5. The zero-order valence-corrected chi connectivity index (χ0v) is 13.2. The van der Waals surface area contributed by atoms with Gasteiger partial charge in [0.2, 0.25) is 5.91 Å². The van der Waals surface area contributed by atoms with Crippen LogP contribution in [0.4, 0.5) is 0 Å². The molecule has 0 saturated heterocycles. The molecule has 2 aromatic rings. The summed E-state index contributed by atoms with van der Waals surface area (Å²) in [6, 6.07) is 3.21. The van der Waals surface area contributed by atoms with Crippen molar-refractivity contribution >= 4 is 29.3 Å². The third kappa shape index (κ3) is 3.82. The summed E-state index contributed by atoms with van der Waals surface area (Å²) in [6.07, 6.45) is 2.94. The summed E-state index contributed by atoms with van der Waals surface area (Å²) in [5.41, 5.74) is 0.454. The summed E-state index contributed by atoms with van der Waals surface area (Å²) in [5.74, 6) is 0.0607. The Morgan fingerprint density at radius 2 is 2.14 bits per heavy atom. The van der Waals surface area contributed by atoms with Crippen molar-refractivity contribution in [3.63, 3.8) is 0 Å². The normalized spacial score (nSPS) is 12.5. The molecule has 1 atom stereocenters. The molecule has 0 saturated carbocycles. The summed E-state index contributed by atoms with van der Waals surface area (Å²) in [7, 11) is 0. The number of carbonyl (C=O) groups is 2. The second-order valence-corrected chi connectivity index (χ2v) is 5.81. The lowest BCUT2D eigenvalue weighted by Crippen LogP contribution is -2.24. The van der Waals surface area contributed by atoms with E-state index in [9.17, 15) is 9.59 Å². The van der Waals surface area contributed by atoms with Crippen molar-refractivity contribution in [2.75, 3.05) is 0 Å². The topological polar surface area (TPSA) is 92.4 Å². The van der Waals surface area contributed by atoms with Crippen LogP contribution in [0.5, 0.6) is 0 Å². The number of rotatable bonds is 5. The van der Waals surface area contributed by atoms with Gasteiger partial charge in [0.05, 0.1) is 11.7 Å². The van der Waals surface area contributed by atoms with Crippen LogP contribution in [0, 0.1) is 13.8 Å². The number of aryl methyl sites for hydroxylation is 2. The maximum Gasteiger partial charge on any atom is 0.347 e. The lowest BCUT2D eigenvalue weighted by atomic mass is 10.3. The summed E-state index contributed by atoms with van der Waals surface area (Å²) in [6.45, 7) is 5.22. The van der Waals surface area contributed by atoms with Crippen molar-refractivity contribution in [1.29, 1.82) is 0 Å². The minimum absolute atomic E-state index is 0.192. The van der Waals surface area contributed by atoms with Gasteiger partial charge in [-0.25, -0.2) is 9.78 Å². The molecule has 1 amide bonds. The zero-order chi connectivity index (χ0) is 16.3. The second-order valence-electron chi connectivity index (χ2n) is 4.78. The summed E-state index contributed by atoms with van der Waals surface area (Å²) in [5, 5.41) is 12.3. The average molecular weight is 320 g/mol. The van der Waals surface area contributed by atoms with Crippen LogP contribution in [0.15, 0.2) is 22.6 Å². The number of hydrogen-bond donors (Lipinski definition) is 2. The standard InChI is InChI=1S/C15H16N2O4S/c1-8-4-5-11(21-8)6-7-12(18)16-10(3)14-17-9(2)13(22-14)15(19)20/h4-7,10H,1-3H3,(H,16,18)(H,19,20). The molecule has 0 aromatic carbocycles. The van der Waals surface area contributed by atoms with E-state index >= 15 is 0 Å². The monoisotopic (exact) mass is 320 g/mol. The van der Waals surface area contributed by atoms with Crippen LogP contribution >= 0.6 is 11.3 Å². The van der Waals surface area contributed by atoms with Gasteiger partial charge in [-0.3, -0.25) is 4.79 Å². The van der Waals surface area contributed by atoms with E-state index in [4.69, 9.17) is 9.52 Å². The first-order valence-electron chi connectivity index (χ1n) is 6.62. The minimum atomic E-state index is -1.01. The molecule has 0 bridgehead atoms. The van der Waals surface area contributed by atoms with E-state index in [1.165, 1.54) is 6.08 Å². The molecule has 7 heteroatoms. The number of nitrogens with one attached hydrogen (secondary N) is 1. The highest BCUT2D eigenvalue weighted by Crippen LogP contribution is 2.23. The molecule has 0 aliphatic carbocycles. The highest BCUT2D eigenvalue weighted by Gasteiger charge is 2.18. The number of carbonyl (C=O) groups excluding carboxylic acids is 1. The fourth-order valence-corrected chi connectivity index (χ4v) is 2.73. The molecule has 2 rings (SSSR count). The highest BCUT2D eigenvalue weighted by molar-refractivity contribution is 7.13. The molecule has 0 fully saturated rings.